The Morgan fingerprint density at radius 3 is 2.32 bits per heavy atom. The first-order valence-corrected chi connectivity index (χ1v) is 5.67. The van der Waals surface area contributed by atoms with Gasteiger partial charge in [0.15, 0.2) is 0 Å². The lowest BCUT2D eigenvalue weighted by Gasteiger charge is -2.21. The van der Waals surface area contributed by atoms with Crippen molar-refractivity contribution < 1.29 is 13.2 Å². The van der Waals surface area contributed by atoms with E-state index in [0.717, 1.165) is 6.07 Å². The van der Waals surface area contributed by atoms with E-state index in [1.54, 1.807) is 11.9 Å². The number of rotatable bonds is 3. The number of hydrogen-bond acceptors (Lipinski definition) is 2. The first kappa shape index (κ1) is 13.3. The van der Waals surface area contributed by atoms with E-state index < -0.39 is 17.5 Å². The van der Waals surface area contributed by atoms with Crippen molar-refractivity contribution in [2.75, 3.05) is 17.7 Å². The van der Waals surface area contributed by atoms with Gasteiger partial charge in [-0.15, -0.1) is 0 Å². The fourth-order valence-corrected chi connectivity index (χ4v) is 1.84. The molecule has 0 saturated carbocycles. The summed E-state index contributed by atoms with van der Waals surface area (Å²) in [6, 6.07) is 7.33. The number of nitrogens with zero attached hydrogens (tertiary/aromatic N) is 1. The lowest BCUT2D eigenvalue weighted by Crippen LogP contribution is -2.18. The molecule has 2 nitrogen and oxygen atoms in total. The second kappa shape index (κ2) is 5.22. The highest BCUT2D eigenvalue weighted by Crippen LogP contribution is 2.25. The predicted molar refractivity (Wildman–Crippen MR) is 69.3 cm³/mol. The van der Waals surface area contributed by atoms with Crippen molar-refractivity contribution in [3.8, 4) is 0 Å². The van der Waals surface area contributed by atoms with Gasteiger partial charge in [0.1, 0.15) is 17.5 Å². The van der Waals surface area contributed by atoms with Gasteiger partial charge >= 0.3 is 0 Å². The molecule has 0 radical (unpaired) electrons. The van der Waals surface area contributed by atoms with Gasteiger partial charge in [-0.05, 0) is 24.3 Å². The maximum absolute atomic E-state index is 13.5. The van der Waals surface area contributed by atoms with Crippen LogP contribution in [-0.4, -0.2) is 7.05 Å². The molecule has 2 N–H and O–H groups in total. The molecule has 2 rings (SSSR count). The van der Waals surface area contributed by atoms with Gasteiger partial charge in [-0.1, -0.05) is 6.07 Å². The average molecular weight is 266 g/mol. The molecule has 0 heterocycles. The molecule has 5 heteroatoms. The predicted octanol–water partition coefficient (Wildman–Crippen LogP) is 3.32. The van der Waals surface area contributed by atoms with E-state index in [0.29, 0.717) is 16.9 Å². The second-order valence-electron chi connectivity index (χ2n) is 4.29. The van der Waals surface area contributed by atoms with E-state index in [4.69, 9.17) is 5.73 Å². The molecular formula is C14H13F3N2. The first-order chi connectivity index (χ1) is 8.97. The molecule has 2 aromatic carbocycles. The third kappa shape index (κ3) is 2.99. The molecule has 0 atom stereocenters. The molecule has 0 aliphatic heterocycles. The minimum absolute atomic E-state index is 0.166. The van der Waals surface area contributed by atoms with E-state index in [2.05, 4.69) is 0 Å². The maximum atomic E-state index is 13.5. The Morgan fingerprint density at radius 2 is 1.63 bits per heavy atom. The summed E-state index contributed by atoms with van der Waals surface area (Å²) in [5.74, 6) is -1.69. The van der Waals surface area contributed by atoms with Crippen molar-refractivity contribution in [2.45, 2.75) is 6.54 Å². The highest BCUT2D eigenvalue weighted by Gasteiger charge is 2.10. The summed E-state index contributed by atoms with van der Waals surface area (Å²) >= 11 is 0. The van der Waals surface area contributed by atoms with Crippen LogP contribution in [0.2, 0.25) is 0 Å². The molecular weight excluding hydrogens is 253 g/mol. The van der Waals surface area contributed by atoms with Crippen LogP contribution in [0.5, 0.6) is 0 Å². The summed E-state index contributed by atoms with van der Waals surface area (Å²) in [7, 11) is 1.66. The van der Waals surface area contributed by atoms with Gasteiger partial charge < -0.3 is 10.6 Å². The van der Waals surface area contributed by atoms with Crippen molar-refractivity contribution in [2.24, 2.45) is 0 Å². The quantitative estimate of drug-likeness (QED) is 0.863. The van der Waals surface area contributed by atoms with Crippen LogP contribution in [0.4, 0.5) is 24.5 Å². The third-order valence-electron chi connectivity index (χ3n) is 2.83. The molecule has 2 aromatic rings. The number of nitrogen functional groups attached to an aromatic ring is 1. The Balaban J connectivity index is 2.25. The fraction of sp³-hybridized carbons (Fsp3) is 0.143. The van der Waals surface area contributed by atoms with Crippen LogP contribution >= 0.6 is 0 Å². The van der Waals surface area contributed by atoms with Crippen LogP contribution in [0.15, 0.2) is 36.4 Å². The van der Waals surface area contributed by atoms with Crippen molar-refractivity contribution in [3.05, 3.63) is 59.4 Å². The number of anilines is 2. The monoisotopic (exact) mass is 266 g/mol. The zero-order valence-corrected chi connectivity index (χ0v) is 10.3. The van der Waals surface area contributed by atoms with Crippen LogP contribution in [0.25, 0.3) is 0 Å². The highest BCUT2D eigenvalue weighted by molar-refractivity contribution is 5.67. The number of benzene rings is 2. The zero-order valence-electron chi connectivity index (χ0n) is 10.3. The minimum Gasteiger partial charge on any atom is -0.397 e. The molecule has 0 spiro atoms. The Hall–Kier alpha value is -2.17. The molecule has 0 aliphatic rings. The first-order valence-electron chi connectivity index (χ1n) is 5.67. The highest BCUT2D eigenvalue weighted by atomic mass is 19.1. The maximum Gasteiger partial charge on any atom is 0.131 e. The van der Waals surface area contributed by atoms with Gasteiger partial charge in [0.05, 0.1) is 11.4 Å². The summed E-state index contributed by atoms with van der Waals surface area (Å²) in [5.41, 5.74) is 6.91. The summed E-state index contributed by atoms with van der Waals surface area (Å²) < 4.78 is 39.5. The van der Waals surface area contributed by atoms with Gasteiger partial charge in [-0.25, -0.2) is 13.2 Å². The smallest absolute Gasteiger partial charge is 0.131 e. The van der Waals surface area contributed by atoms with Crippen molar-refractivity contribution in [1.29, 1.82) is 0 Å². The van der Waals surface area contributed by atoms with Crippen molar-refractivity contribution in [1.82, 2.24) is 0 Å². The van der Waals surface area contributed by atoms with Crippen LogP contribution in [-0.2, 0) is 6.54 Å². The summed E-state index contributed by atoms with van der Waals surface area (Å²) in [5, 5.41) is 0. The van der Waals surface area contributed by atoms with E-state index in [1.807, 2.05) is 0 Å². The summed E-state index contributed by atoms with van der Waals surface area (Å²) in [4.78, 5) is 1.61. The van der Waals surface area contributed by atoms with E-state index in [-0.39, 0.29) is 6.54 Å². The van der Waals surface area contributed by atoms with Gasteiger partial charge in [0, 0.05) is 25.2 Å². The number of nitrogens with two attached hydrogens (primary N) is 1. The van der Waals surface area contributed by atoms with Gasteiger partial charge in [0.2, 0.25) is 0 Å². The van der Waals surface area contributed by atoms with Gasteiger partial charge in [0.25, 0.3) is 0 Å². The average Bonchev–Trinajstić information content (AvgIpc) is 2.35. The standard InChI is InChI=1S/C14H13F3N2/c1-19(14-7-11(16)4-5-13(14)18)8-9-2-3-10(15)6-12(9)17/h2-7H,8,18H2,1H3. The van der Waals surface area contributed by atoms with E-state index >= 15 is 0 Å². The molecule has 100 valence electrons. The normalized spacial score (nSPS) is 10.5. The van der Waals surface area contributed by atoms with E-state index in [1.165, 1.54) is 30.3 Å². The third-order valence-corrected chi connectivity index (χ3v) is 2.83. The van der Waals surface area contributed by atoms with Crippen LogP contribution in [0.3, 0.4) is 0 Å². The number of halogens is 3. The molecule has 0 bridgehead atoms. The largest absolute Gasteiger partial charge is 0.397 e. The van der Waals surface area contributed by atoms with Gasteiger partial charge in [-0.3, -0.25) is 0 Å². The molecule has 0 fully saturated rings. The lowest BCUT2D eigenvalue weighted by molar-refractivity contribution is 0.571. The van der Waals surface area contributed by atoms with Crippen molar-refractivity contribution in [3.63, 3.8) is 0 Å². The van der Waals surface area contributed by atoms with Crippen LogP contribution in [0, 0.1) is 17.5 Å². The van der Waals surface area contributed by atoms with Gasteiger partial charge in [-0.2, -0.15) is 0 Å². The molecule has 19 heavy (non-hydrogen) atoms. The fourth-order valence-electron chi connectivity index (χ4n) is 1.84. The summed E-state index contributed by atoms with van der Waals surface area (Å²) in [6.07, 6.45) is 0. The van der Waals surface area contributed by atoms with Crippen LogP contribution < -0.4 is 10.6 Å². The SMILES string of the molecule is CN(Cc1ccc(F)cc1F)c1cc(F)ccc1N. The lowest BCUT2D eigenvalue weighted by atomic mass is 10.1. The summed E-state index contributed by atoms with van der Waals surface area (Å²) in [6.45, 7) is 0.166. The molecule has 0 aliphatic carbocycles. The Bertz CT molecular complexity index is 599. The van der Waals surface area contributed by atoms with Crippen LogP contribution in [0.1, 0.15) is 5.56 Å². The van der Waals surface area contributed by atoms with Crippen molar-refractivity contribution >= 4 is 11.4 Å². The Labute approximate surface area is 109 Å². The zero-order chi connectivity index (χ0) is 14.0. The van der Waals surface area contributed by atoms with E-state index in [9.17, 15) is 13.2 Å². The molecule has 0 saturated heterocycles. The molecule has 0 aromatic heterocycles. The molecule has 0 unspecified atom stereocenters. The second-order valence-corrected chi connectivity index (χ2v) is 4.29. The topological polar surface area (TPSA) is 29.3 Å². The number of hydrogen-bond donors (Lipinski definition) is 1. The minimum atomic E-state index is -0.637. The Morgan fingerprint density at radius 1 is 1.00 bits per heavy atom. The molecule has 0 amide bonds. The Kier molecular flexibility index (Phi) is 3.64.